The third-order valence-corrected chi connectivity index (χ3v) is 3.00. The van der Waals surface area contributed by atoms with Crippen LogP contribution in [-0.4, -0.2) is 4.57 Å². The van der Waals surface area contributed by atoms with Crippen LogP contribution in [0, 0.1) is 5.41 Å². The minimum atomic E-state index is 0.488. The molecule has 4 heteroatoms. The fourth-order valence-electron chi connectivity index (χ4n) is 1.43. The molecule has 0 atom stereocenters. The highest BCUT2D eigenvalue weighted by Crippen LogP contribution is 2.24. The molecule has 1 aromatic heterocycles. The summed E-state index contributed by atoms with van der Waals surface area (Å²) in [6, 6.07) is 8.92. The first-order chi connectivity index (χ1) is 7.66. The van der Waals surface area contributed by atoms with Crippen LogP contribution < -0.4 is 5.36 Å². The van der Waals surface area contributed by atoms with E-state index >= 15 is 0 Å². The van der Waals surface area contributed by atoms with Crippen LogP contribution in [0.15, 0.2) is 42.7 Å². The Bertz CT molecular complexity index is 520. The van der Waals surface area contributed by atoms with E-state index in [1.54, 1.807) is 12.1 Å². The number of nitrogens with one attached hydrogen (secondary N) is 1. The molecular formula is C12H10Cl2N2. The quantitative estimate of drug-likeness (QED) is 0.850. The van der Waals surface area contributed by atoms with Gasteiger partial charge in [-0.2, -0.15) is 0 Å². The molecule has 0 radical (unpaired) electrons. The summed E-state index contributed by atoms with van der Waals surface area (Å²) >= 11 is 12.2. The van der Waals surface area contributed by atoms with Crippen molar-refractivity contribution in [1.29, 1.82) is 5.41 Å². The van der Waals surface area contributed by atoms with Crippen LogP contribution in [-0.2, 0) is 6.54 Å². The SMILES string of the molecule is N=c1ccn(Cc2c(Cl)cccc2Cl)cc1. The number of nitrogens with zero attached hydrogens (tertiary/aromatic N) is 1. The first-order valence-electron chi connectivity index (χ1n) is 4.80. The molecule has 1 heterocycles. The Kier molecular flexibility index (Phi) is 3.32. The molecule has 16 heavy (non-hydrogen) atoms. The van der Waals surface area contributed by atoms with Gasteiger partial charge in [-0.25, -0.2) is 0 Å². The molecule has 0 saturated heterocycles. The summed E-state index contributed by atoms with van der Waals surface area (Å²) in [6.45, 7) is 0.610. The molecule has 0 spiro atoms. The monoisotopic (exact) mass is 252 g/mol. The van der Waals surface area contributed by atoms with E-state index in [0.29, 0.717) is 21.9 Å². The number of hydrogen-bond donors (Lipinski definition) is 1. The van der Waals surface area contributed by atoms with E-state index in [-0.39, 0.29) is 0 Å². The molecule has 0 saturated carbocycles. The zero-order valence-corrected chi connectivity index (χ0v) is 9.96. The lowest BCUT2D eigenvalue weighted by atomic mass is 10.2. The maximum Gasteiger partial charge on any atom is 0.0568 e. The van der Waals surface area contributed by atoms with Crippen molar-refractivity contribution >= 4 is 23.2 Å². The number of benzene rings is 1. The summed E-state index contributed by atoms with van der Waals surface area (Å²) < 4.78 is 1.94. The summed E-state index contributed by atoms with van der Waals surface area (Å²) in [5, 5.41) is 9.20. The standard InChI is InChI=1S/C12H10Cl2N2/c13-11-2-1-3-12(14)10(11)8-16-6-4-9(15)5-7-16/h1-7,15H,8H2. The van der Waals surface area contributed by atoms with Crippen LogP contribution >= 0.6 is 23.2 Å². The smallest absolute Gasteiger partial charge is 0.0568 e. The van der Waals surface area contributed by atoms with Crippen molar-refractivity contribution in [3.8, 4) is 0 Å². The zero-order chi connectivity index (χ0) is 11.5. The van der Waals surface area contributed by atoms with E-state index in [9.17, 15) is 0 Å². The molecule has 2 nitrogen and oxygen atoms in total. The third-order valence-electron chi connectivity index (χ3n) is 2.29. The number of pyridine rings is 1. The van der Waals surface area contributed by atoms with Crippen molar-refractivity contribution < 1.29 is 0 Å². The highest BCUT2D eigenvalue weighted by molar-refractivity contribution is 6.35. The van der Waals surface area contributed by atoms with Gasteiger partial charge in [0.2, 0.25) is 0 Å². The molecule has 1 aromatic carbocycles. The molecule has 0 amide bonds. The van der Waals surface area contributed by atoms with Gasteiger partial charge in [0, 0.05) is 34.5 Å². The molecule has 0 bridgehead atoms. The topological polar surface area (TPSA) is 28.8 Å². The predicted octanol–water partition coefficient (Wildman–Crippen LogP) is 3.32. The third kappa shape index (κ3) is 2.46. The Morgan fingerprint density at radius 3 is 2.12 bits per heavy atom. The number of aromatic nitrogens is 1. The zero-order valence-electron chi connectivity index (χ0n) is 8.45. The first kappa shape index (κ1) is 11.2. The van der Waals surface area contributed by atoms with Crippen molar-refractivity contribution in [1.82, 2.24) is 4.57 Å². The number of rotatable bonds is 2. The molecule has 2 rings (SSSR count). The van der Waals surface area contributed by atoms with Crippen LogP contribution in [0.1, 0.15) is 5.56 Å². The van der Waals surface area contributed by atoms with E-state index in [1.807, 2.05) is 35.2 Å². The lowest BCUT2D eigenvalue weighted by Gasteiger charge is -2.09. The Hall–Kier alpha value is -1.25. The van der Waals surface area contributed by atoms with Crippen molar-refractivity contribution in [2.45, 2.75) is 6.54 Å². The lowest BCUT2D eigenvalue weighted by molar-refractivity contribution is 0.787. The summed E-state index contributed by atoms with van der Waals surface area (Å²) in [5.74, 6) is 0. The molecule has 0 fully saturated rings. The highest BCUT2D eigenvalue weighted by atomic mass is 35.5. The van der Waals surface area contributed by atoms with Gasteiger partial charge in [-0.1, -0.05) is 29.3 Å². The van der Waals surface area contributed by atoms with Crippen LogP contribution in [0.5, 0.6) is 0 Å². The Morgan fingerprint density at radius 1 is 1.00 bits per heavy atom. The van der Waals surface area contributed by atoms with Crippen molar-refractivity contribution in [2.24, 2.45) is 0 Å². The van der Waals surface area contributed by atoms with E-state index < -0.39 is 0 Å². The fourth-order valence-corrected chi connectivity index (χ4v) is 1.95. The number of halogens is 2. The second kappa shape index (κ2) is 4.73. The Balaban J connectivity index is 2.34. The molecule has 0 aliphatic rings. The predicted molar refractivity (Wildman–Crippen MR) is 65.9 cm³/mol. The van der Waals surface area contributed by atoms with Crippen molar-refractivity contribution in [3.05, 3.63) is 63.7 Å². The van der Waals surface area contributed by atoms with E-state index in [2.05, 4.69) is 0 Å². The van der Waals surface area contributed by atoms with E-state index in [4.69, 9.17) is 28.6 Å². The second-order valence-electron chi connectivity index (χ2n) is 3.46. The maximum atomic E-state index is 7.39. The van der Waals surface area contributed by atoms with Gasteiger partial charge in [-0.3, -0.25) is 0 Å². The molecule has 0 aliphatic heterocycles. The van der Waals surface area contributed by atoms with Gasteiger partial charge >= 0.3 is 0 Å². The van der Waals surface area contributed by atoms with E-state index in [0.717, 1.165) is 5.56 Å². The average Bonchev–Trinajstić information content (AvgIpc) is 2.26. The van der Waals surface area contributed by atoms with Gasteiger partial charge in [0.15, 0.2) is 0 Å². The summed E-state index contributed by atoms with van der Waals surface area (Å²) in [4.78, 5) is 0. The molecule has 2 aromatic rings. The van der Waals surface area contributed by atoms with Crippen molar-refractivity contribution in [2.75, 3.05) is 0 Å². The second-order valence-corrected chi connectivity index (χ2v) is 4.27. The molecule has 0 unspecified atom stereocenters. The van der Waals surface area contributed by atoms with Gasteiger partial charge < -0.3 is 9.98 Å². The van der Waals surface area contributed by atoms with Crippen LogP contribution in [0.3, 0.4) is 0 Å². The summed E-state index contributed by atoms with van der Waals surface area (Å²) in [5.41, 5.74) is 0.897. The summed E-state index contributed by atoms with van der Waals surface area (Å²) in [6.07, 6.45) is 3.67. The minimum Gasteiger partial charge on any atom is -0.350 e. The Labute approximate surface area is 104 Å². The van der Waals surface area contributed by atoms with Gasteiger partial charge in [0.25, 0.3) is 0 Å². The lowest BCUT2D eigenvalue weighted by Crippen LogP contribution is -2.05. The van der Waals surface area contributed by atoms with Gasteiger partial charge in [-0.15, -0.1) is 0 Å². The maximum absolute atomic E-state index is 7.39. The minimum absolute atomic E-state index is 0.488. The summed E-state index contributed by atoms with van der Waals surface area (Å²) in [7, 11) is 0. The molecule has 82 valence electrons. The average molecular weight is 253 g/mol. The van der Waals surface area contributed by atoms with Gasteiger partial charge in [0.1, 0.15) is 0 Å². The molecule has 1 N–H and O–H groups in total. The highest BCUT2D eigenvalue weighted by Gasteiger charge is 2.04. The first-order valence-corrected chi connectivity index (χ1v) is 5.56. The normalized spacial score (nSPS) is 10.4. The van der Waals surface area contributed by atoms with Gasteiger partial charge in [-0.05, 0) is 24.3 Å². The van der Waals surface area contributed by atoms with Crippen LogP contribution in [0.2, 0.25) is 10.0 Å². The van der Waals surface area contributed by atoms with Crippen LogP contribution in [0.25, 0.3) is 0 Å². The molecular weight excluding hydrogens is 243 g/mol. The fraction of sp³-hybridized carbons (Fsp3) is 0.0833. The number of hydrogen-bond acceptors (Lipinski definition) is 1. The van der Waals surface area contributed by atoms with Crippen molar-refractivity contribution in [3.63, 3.8) is 0 Å². The molecule has 0 aliphatic carbocycles. The van der Waals surface area contributed by atoms with E-state index in [1.165, 1.54) is 0 Å². The van der Waals surface area contributed by atoms with Gasteiger partial charge in [0.05, 0.1) is 5.36 Å². The Morgan fingerprint density at radius 2 is 1.56 bits per heavy atom. The van der Waals surface area contributed by atoms with Crippen LogP contribution in [0.4, 0.5) is 0 Å². The largest absolute Gasteiger partial charge is 0.350 e.